The number of hydrogen-bond acceptors (Lipinski definition) is 7. The maximum absolute atomic E-state index is 12.8. The Morgan fingerprint density at radius 3 is 1.44 bits per heavy atom. The van der Waals surface area contributed by atoms with E-state index in [1.54, 1.807) is 21.1 Å². The number of likely N-dealkylation sites (N-methyl/N-ethyl adjacent to an activating group) is 1. The highest BCUT2D eigenvalue weighted by Gasteiger charge is 2.25. The summed E-state index contributed by atoms with van der Waals surface area (Å²) in [5.41, 5.74) is 0. The van der Waals surface area contributed by atoms with Gasteiger partial charge in [0.15, 0.2) is 6.10 Å². The van der Waals surface area contributed by atoms with E-state index >= 15 is 0 Å². The molecule has 2 unspecified atom stereocenters. The van der Waals surface area contributed by atoms with E-state index < -0.39 is 18.1 Å². The Balaban J connectivity index is 4.32. The SMILES string of the molecule is CC/C=C/C=C/C=C/CCCCCCCCCC(=O)OCC(COCCC(C(=O)[O-])[N+](C)(C)C)OC(=O)CCCCCCCCC/C=C/C/C=C/C/C=C/C/C=C/C/C=C/CC. The number of aliphatic carboxylic acids is 1. The van der Waals surface area contributed by atoms with E-state index in [2.05, 4.69) is 111 Å². The van der Waals surface area contributed by atoms with E-state index in [1.165, 1.54) is 38.5 Å². The molecule has 352 valence electrons. The number of hydrogen-bond donors (Lipinski definition) is 0. The van der Waals surface area contributed by atoms with Crippen molar-refractivity contribution in [2.45, 2.75) is 187 Å². The summed E-state index contributed by atoms with van der Waals surface area (Å²) in [4.78, 5) is 37.0. The van der Waals surface area contributed by atoms with E-state index in [1.807, 2.05) is 0 Å². The van der Waals surface area contributed by atoms with Crippen LogP contribution in [0.5, 0.6) is 0 Å². The van der Waals surface area contributed by atoms with E-state index in [4.69, 9.17) is 14.2 Å². The first kappa shape index (κ1) is 58.2. The summed E-state index contributed by atoms with van der Waals surface area (Å²) in [6.07, 6.45) is 58.6. The first-order valence-corrected chi connectivity index (χ1v) is 24.3. The Kier molecular flexibility index (Phi) is 41.2. The van der Waals surface area contributed by atoms with Crippen molar-refractivity contribution in [3.63, 3.8) is 0 Å². The Labute approximate surface area is 379 Å². The van der Waals surface area contributed by atoms with Gasteiger partial charge in [-0.25, -0.2) is 0 Å². The fourth-order valence-electron chi connectivity index (χ4n) is 6.57. The van der Waals surface area contributed by atoms with Crippen LogP contribution in [0.25, 0.3) is 0 Å². The van der Waals surface area contributed by atoms with Crippen molar-refractivity contribution in [1.82, 2.24) is 0 Å². The van der Waals surface area contributed by atoms with Crippen LogP contribution in [0.3, 0.4) is 0 Å². The van der Waals surface area contributed by atoms with Crippen LogP contribution in [0.1, 0.15) is 174 Å². The van der Waals surface area contributed by atoms with E-state index in [-0.39, 0.29) is 42.7 Å². The van der Waals surface area contributed by atoms with Gasteiger partial charge in [-0.3, -0.25) is 9.59 Å². The number of quaternary nitrogens is 1. The third kappa shape index (κ3) is 41.6. The molecule has 0 aromatic heterocycles. The molecule has 8 nitrogen and oxygen atoms in total. The molecule has 0 heterocycles. The Bertz CT molecular complexity index is 1330. The molecule has 0 rings (SSSR count). The minimum atomic E-state index is -1.13. The summed E-state index contributed by atoms with van der Waals surface area (Å²) in [6.45, 7) is 4.38. The van der Waals surface area contributed by atoms with E-state index in [9.17, 15) is 19.5 Å². The Morgan fingerprint density at radius 2 is 0.935 bits per heavy atom. The van der Waals surface area contributed by atoms with Crippen LogP contribution in [-0.4, -0.2) is 75.5 Å². The molecule has 0 spiro atoms. The summed E-state index contributed by atoms with van der Waals surface area (Å²) in [7, 11) is 5.39. The van der Waals surface area contributed by atoms with Crippen molar-refractivity contribution >= 4 is 17.9 Å². The summed E-state index contributed by atoms with van der Waals surface area (Å²) in [6, 6.07) is -0.736. The van der Waals surface area contributed by atoms with Crippen LogP contribution in [-0.2, 0) is 28.6 Å². The number of esters is 2. The number of rotatable bonds is 42. The minimum absolute atomic E-state index is 0.0261. The van der Waals surface area contributed by atoms with Crippen molar-refractivity contribution < 1.29 is 38.2 Å². The molecule has 0 fully saturated rings. The highest BCUT2D eigenvalue weighted by atomic mass is 16.6. The van der Waals surface area contributed by atoms with Gasteiger partial charge in [0.25, 0.3) is 0 Å². The predicted octanol–water partition coefficient (Wildman–Crippen LogP) is 12.5. The lowest BCUT2D eigenvalue weighted by Crippen LogP contribution is -2.55. The fraction of sp³-hybridized carbons (Fsp3) is 0.648. The average Bonchev–Trinajstić information content (AvgIpc) is 3.23. The lowest BCUT2D eigenvalue weighted by molar-refractivity contribution is -0.889. The molecule has 0 saturated heterocycles. The second-order valence-corrected chi connectivity index (χ2v) is 17.0. The molecule has 0 aliphatic rings. The third-order valence-electron chi connectivity index (χ3n) is 10.3. The second kappa shape index (κ2) is 43.9. The topological polar surface area (TPSA) is 102 Å². The summed E-state index contributed by atoms with van der Waals surface area (Å²) < 4.78 is 17.2. The number of carboxylic acids is 1. The van der Waals surface area contributed by atoms with Crippen LogP contribution >= 0.6 is 0 Å². The molecule has 8 heteroatoms. The van der Waals surface area contributed by atoms with Gasteiger partial charge in [-0.2, -0.15) is 0 Å². The number of carbonyl (C=O) groups excluding carboxylic acids is 3. The standard InChI is InChI=1S/C54H89NO7/c1-6-8-10-12-14-16-18-20-22-23-24-25-26-27-28-29-31-33-35-37-39-41-43-45-53(57)62-50(48-60-47-46-51(54(58)59)55(3,4)5)49-61-52(56)44-42-40-38-36-34-32-30-21-19-17-15-13-11-9-7-2/h8-11,13-17,19-20,22,24-25,27-28,50-51H,6-7,12,18,21,23,26,29-49H2,1-5H3/b10-8+,11-9+,15-13+,16-14+,19-17+,22-20+,25-24+,28-27+. The molecule has 2 atom stereocenters. The molecule has 0 aliphatic carbocycles. The molecule has 62 heavy (non-hydrogen) atoms. The van der Waals surface area contributed by atoms with Crippen LogP contribution in [0.4, 0.5) is 0 Å². The van der Waals surface area contributed by atoms with Crippen LogP contribution < -0.4 is 5.11 Å². The number of nitrogens with zero attached hydrogens (tertiary/aromatic N) is 1. The van der Waals surface area contributed by atoms with Gasteiger partial charge in [0.2, 0.25) is 0 Å². The molecule has 0 bridgehead atoms. The highest BCUT2D eigenvalue weighted by molar-refractivity contribution is 5.70. The van der Waals surface area contributed by atoms with Crippen LogP contribution in [0.15, 0.2) is 97.2 Å². The number of ether oxygens (including phenoxy) is 3. The molecule has 0 saturated carbocycles. The molecule has 0 N–H and O–H groups in total. The lowest BCUT2D eigenvalue weighted by atomic mass is 10.1. The quantitative estimate of drug-likeness (QED) is 0.0198. The predicted molar refractivity (Wildman–Crippen MR) is 258 cm³/mol. The highest BCUT2D eigenvalue weighted by Crippen LogP contribution is 2.14. The van der Waals surface area contributed by atoms with Crippen molar-refractivity contribution in [3.8, 4) is 0 Å². The zero-order valence-electron chi connectivity index (χ0n) is 40.0. The van der Waals surface area contributed by atoms with Gasteiger partial charge in [-0.1, -0.05) is 175 Å². The smallest absolute Gasteiger partial charge is 0.306 e. The van der Waals surface area contributed by atoms with Crippen LogP contribution in [0.2, 0.25) is 0 Å². The van der Waals surface area contributed by atoms with Gasteiger partial charge in [0.05, 0.1) is 40.3 Å². The average molecular weight is 864 g/mol. The Morgan fingerprint density at radius 1 is 0.500 bits per heavy atom. The number of allylic oxidation sites excluding steroid dienone is 16. The first-order chi connectivity index (χ1) is 30.1. The summed E-state index contributed by atoms with van der Waals surface area (Å²) in [5, 5.41) is 11.7. The molecule has 0 aromatic carbocycles. The van der Waals surface area contributed by atoms with Gasteiger partial charge in [0, 0.05) is 19.3 Å². The summed E-state index contributed by atoms with van der Waals surface area (Å²) in [5.74, 6) is -1.78. The molecule has 0 amide bonds. The minimum Gasteiger partial charge on any atom is -0.544 e. The Hall–Kier alpha value is -3.75. The largest absolute Gasteiger partial charge is 0.544 e. The zero-order valence-corrected chi connectivity index (χ0v) is 40.0. The van der Waals surface area contributed by atoms with Gasteiger partial charge in [-0.15, -0.1) is 0 Å². The van der Waals surface area contributed by atoms with E-state index in [0.29, 0.717) is 12.8 Å². The second-order valence-electron chi connectivity index (χ2n) is 17.0. The van der Waals surface area contributed by atoms with Gasteiger partial charge < -0.3 is 28.6 Å². The third-order valence-corrected chi connectivity index (χ3v) is 10.3. The number of carbonyl (C=O) groups is 3. The fourth-order valence-corrected chi connectivity index (χ4v) is 6.57. The molecule has 0 radical (unpaired) electrons. The van der Waals surface area contributed by atoms with Crippen LogP contribution in [0, 0.1) is 0 Å². The molecular weight excluding hydrogens is 775 g/mol. The molecule has 0 aliphatic heterocycles. The lowest BCUT2D eigenvalue weighted by Gasteiger charge is -2.34. The van der Waals surface area contributed by atoms with Gasteiger partial charge >= 0.3 is 11.9 Å². The maximum Gasteiger partial charge on any atom is 0.306 e. The number of unbranched alkanes of at least 4 members (excludes halogenated alkanes) is 14. The van der Waals surface area contributed by atoms with Crippen molar-refractivity contribution in [2.24, 2.45) is 0 Å². The van der Waals surface area contributed by atoms with Crippen molar-refractivity contribution in [2.75, 3.05) is 41.0 Å². The monoisotopic (exact) mass is 864 g/mol. The first-order valence-electron chi connectivity index (χ1n) is 24.3. The molecular formula is C54H89NO7. The molecule has 0 aromatic rings. The van der Waals surface area contributed by atoms with E-state index in [0.717, 1.165) is 103 Å². The number of carboxylic acid groups (broad SMARTS) is 1. The zero-order chi connectivity index (χ0) is 45.6. The van der Waals surface area contributed by atoms with Gasteiger partial charge in [0.1, 0.15) is 12.6 Å². The van der Waals surface area contributed by atoms with Gasteiger partial charge in [-0.05, 0) is 77.0 Å². The van der Waals surface area contributed by atoms with Crippen molar-refractivity contribution in [3.05, 3.63) is 97.2 Å². The van der Waals surface area contributed by atoms with Crippen molar-refractivity contribution in [1.29, 1.82) is 0 Å². The summed E-state index contributed by atoms with van der Waals surface area (Å²) >= 11 is 0. The normalized spacial score (nSPS) is 13.8. The maximum atomic E-state index is 12.8.